The van der Waals surface area contributed by atoms with E-state index in [0.29, 0.717) is 27.8 Å². The number of aromatic nitrogens is 2. The molecule has 0 spiro atoms. The molecule has 0 bridgehead atoms. The molecule has 5 nitrogen and oxygen atoms in total. The highest BCUT2D eigenvalue weighted by atomic mass is 32.2. The highest BCUT2D eigenvalue weighted by Gasteiger charge is 2.14. The summed E-state index contributed by atoms with van der Waals surface area (Å²) in [7, 11) is 0. The van der Waals surface area contributed by atoms with Gasteiger partial charge in [-0.2, -0.15) is 0 Å². The second-order valence-electron chi connectivity index (χ2n) is 6.74. The first-order valence-electron chi connectivity index (χ1n) is 9.02. The number of anilines is 1. The number of benzene rings is 1. The summed E-state index contributed by atoms with van der Waals surface area (Å²) in [4.78, 5) is 31.0. The minimum absolute atomic E-state index is 0.0174. The zero-order valence-corrected chi connectivity index (χ0v) is 18.5. The number of nitrogens with one attached hydrogen (secondary N) is 1. The highest BCUT2D eigenvalue weighted by molar-refractivity contribution is 7.99. The van der Waals surface area contributed by atoms with E-state index in [-0.39, 0.29) is 17.2 Å². The standard InChI is InChI=1S/C20H23N3O2S3/c1-13(2)7-9-23-19(25)18-16(8-10-27-18)22-20(23)28-12-17(24)21-14-5-4-6-15(11-14)26-3/h4-6,8,10-11,13H,7,9,12H2,1-3H3,(H,21,24). The van der Waals surface area contributed by atoms with Crippen molar-refractivity contribution in [2.24, 2.45) is 5.92 Å². The van der Waals surface area contributed by atoms with Crippen LogP contribution < -0.4 is 10.9 Å². The zero-order chi connectivity index (χ0) is 20.1. The maximum Gasteiger partial charge on any atom is 0.272 e. The average molecular weight is 434 g/mol. The Kier molecular flexibility index (Phi) is 7.20. The summed E-state index contributed by atoms with van der Waals surface area (Å²) in [5, 5.41) is 5.40. The minimum Gasteiger partial charge on any atom is -0.325 e. The van der Waals surface area contributed by atoms with Crippen LogP contribution in [-0.2, 0) is 11.3 Å². The Morgan fingerprint density at radius 3 is 2.89 bits per heavy atom. The summed E-state index contributed by atoms with van der Waals surface area (Å²) in [6, 6.07) is 9.59. The second kappa shape index (κ2) is 9.62. The molecule has 3 aromatic rings. The van der Waals surface area contributed by atoms with E-state index in [1.54, 1.807) is 16.3 Å². The van der Waals surface area contributed by atoms with Gasteiger partial charge >= 0.3 is 0 Å². The van der Waals surface area contributed by atoms with E-state index in [1.165, 1.54) is 23.1 Å². The van der Waals surface area contributed by atoms with Crippen molar-refractivity contribution in [3.05, 3.63) is 46.1 Å². The Morgan fingerprint density at radius 1 is 1.32 bits per heavy atom. The summed E-state index contributed by atoms with van der Waals surface area (Å²) >= 11 is 4.35. The number of rotatable bonds is 8. The van der Waals surface area contributed by atoms with Crippen LogP contribution in [0.5, 0.6) is 0 Å². The van der Waals surface area contributed by atoms with Gasteiger partial charge in [-0.25, -0.2) is 4.98 Å². The lowest BCUT2D eigenvalue weighted by molar-refractivity contribution is -0.113. The van der Waals surface area contributed by atoms with Crippen molar-refractivity contribution in [3.8, 4) is 0 Å². The molecule has 1 aromatic carbocycles. The fourth-order valence-electron chi connectivity index (χ4n) is 2.65. The molecule has 0 aliphatic heterocycles. The van der Waals surface area contributed by atoms with E-state index in [1.807, 2.05) is 42.0 Å². The molecule has 2 aromatic heterocycles. The topological polar surface area (TPSA) is 64.0 Å². The van der Waals surface area contributed by atoms with Crippen LogP contribution in [0.4, 0.5) is 5.69 Å². The van der Waals surface area contributed by atoms with Gasteiger partial charge in [0.25, 0.3) is 5.56 Å². The van der Waals surface area contributed by atoms with E-state index in [2.05, 4.69) is 24.1 Å². The molecule has 0 unspecified atom stereocenters. The quantitative estimate of drug-likeness (QED) is 0.402. The molecule has 0 fully saturated rings. The fourth-order valence-corrected chi connectivity index (χ4v) is 4.71. The molecule has 0 aliphatic rings. The van der Waals surface area contributed by atoms with Crippen LogP contribution in [0.2, 0.25) is 0 Å². The molecule has 1 amide bonds. The Morgan fingerprint density at radius 2 is 2.14 bits per heavy atom. The fraction of sp³-hybridized carbons (Fsp3) is 0.350. The van der Waals surface area contributed by atoms with Crippen LogP contribution in [0.3, 0.4) is 0 Å². The maximum atomic E-state index is 12.8. The van der Waals surface area contributed by atoms with Gasteiger partial charge in [0, 0.05) is 17.1 Å². The lowest BCUT2D eigenvalue weighted by atomic mass is 10.1. The first-order valence-corrected chi connectivity index (χ1v) is 12.1. The smallest absolute Gasteiger partial charge is 0.272 e. The molecule has 8 heteroatoms. The van der Waals surface area contributed by atoms with Gasteiger partial charge in [-0.15, -0.1) is 23.1 Å². The van der Waals surface area contributed by atoms with Gasteiger partial charge in [0.15, 0.2) is 5.16 Å². The van der Waals surface area contributed by atoms with Crippen molar-refractivity contribution in [1.82, 2.24) is 9.55 Å². The summed E-state index contributed by atoms with van der Waals surface area (Å²) in [5.74, 6) is 0.571. The molecular weight excluding hydrogens is 410 g/mol. The number of hydrogen-bond acceptors (Lipinski definition) is 6. The molecular formula is C20H23N3O2S3. The number of nitrogens with zero attached hydrogens (tertiary/aromatic N) is 2. The van der Waals surface area contributed by atoms with Gasteiger partial charge < -0.3 is 5.32 Å². The molecule has 0 radical (unpaired) electrons. The summed E-state index contributed by atoms with van der Waals surface area (Å²) in [6.07, 6.45) is 2.89. The Bertz CT molecular complexity index is 1030. The van der Waals surface area contributed by atoms with Crippen LogP contribution in [0.15, 0.2) is 50.6 Å². The predicted octanol–water partition coefficient (Wildman–Crippen LogP) is 4.96. The molecule has 0 atom stereocenters. The summed E-state index contributed by atoms with van der Waals surface area (Å²) in [5.41, 5.74) is 1.46. The third kappa shape index (κ3) is 5.18. The molecule has 2 heterocycles. The molecule has 0 aliphatic carbocycles. The van der Waals surface area contributed by atoms with Crippen molar-refractivity contribution in [3.63, 3.8) is 0 Å². The molecule has 3 rings (SSSR count). The first kappa shape index (κ1) is 21.0. The van der Waals surface area contributed by atoms with Crippen LogP contribution in [0.1, 0.15) is 20.3 Å². The van der Waals surface area contributed by atoms with Gasteiger partial charge in [0.2, 0.25) is 5.91 Å². The first-order chi connectivity index (χ1) is 13.5. The number of thiophene rings is 1. The van der Waals surface area contributed by atoms with Crippen molar-refractivity contribution >= 4 is 56.7 Å². The van der Waals surface area contributed by atoms with E-state index in [9.17, 15) is 9.59 Å². The van der Waals surface area contributed by atoms with Crippen LogP contribution in [0, 0.1) is 5.92 Å². The third-order valence-electron chi connectivity index (χ3n) is 4.15. The van der Waals surface area contributed by atoms with Crippen molar-refractivity contribution in [2.75, 3.05) is 17.3 Å². The van der Waals surface area contributed by atoms with Crippen LogP contribution in [0.25, 0.3) is 10.2 Å². The molecule has 0 saturated heterocycles. The van der Waals surface area contributed by atoms with Crippen molar-refractivity contribution < 1.29 is 4.79 Å². The lowest BCUT2D eigenvalue weighted by Gasteiger charge is -2.13. The third-order valence-corrected chi connectivity index (χ3v) is 6.74. The number of amides is 1. The Balaban J connectivity index is 1.75. The van der Waals surface area contributed by atoms with Gasteiger partial charge in [0.05, 0.1) is 11.3 Å². The molecule has 1 N–H and O–H groups in total. The monoisotopic (exact) mass is 433 g/mol. The second-order valence-corrected chi connectivity index (χ2v) is 9.48. The van der Waals surface area contributed by atoms with Gasteiger partial charge in [0.1, 0.15) is 4.70 Å². The zero-order valence-electron chi connectivity index (χ0n) is 16.1. The number of hydrogen-bond donors (Lipinski definition) is 1. The van der Waals surface area contributed by atoms with Crippen LogP contribution >= 0.6 is 34.9 Å². The number of carbonyl (C=O) groups excluding carboxylic acids is 1. The summed E-state index contributed by atoms with van der Waals surface area (Å²) < 4.78 is 2.39. The van der Waals surface area contributed by atoms with Crippen molar-refractivity contribution in [2.45, 2.75) is 36.9 Å². The number of carbonyl (C=O) groups is 1. The Labute approximate surface area is 176 Å². The van der Waals surface area contributed by atoms with Gasteiger partial charge in [-0.1, -0.05) is 31.7 Å². The van der Waals surface area contributed by atoms with E-state index < -0.39 is 0 Å². The molecule has 0 saturated carbocycles. The van der Waals surface area contributed by atoms with E-state index in [0.717, 1.165) is 17.0 Å². The predicted molar refractivity (Wildman–Crippen MR) is 121 cm³/mol. The van der Waals surface area contributed by atoms with Gasteiger partial charge in [-0.05, 0) is 48.2 Å². The largest absolute Gasteiger partial charge is 0.325 e. The van der Waals surface area contributed by atoms with Gasteiger partial charge in [-0.3, -0.25) is 14.2 Å². The number of fused-ring (bicyclic) bond motifs is 1. The highest BCUT2D eigenvalue weighted by Crippen LogP contribution is 2.23. The number of thioether (sulfide) groups is 2. The van der Waals surface area contributed by atoms with E-state index >= 15 is 0 Å². The lowest BCUT2D eigenvalue weighted by Crippen LogP contribution is -2.24. The molecule has 28 heavy (non-hydrogen) atoms. The van der Waals surface area contributed by atoms with Crippen LogP contribution in [-0.4, -0.2) is 27.5 Å². The minimum atomic E-state index is -0.113. The summed E-state index contributed by atoms with van der Waals surface area (Å²) in [6.45, 7) is 4.87. The SMILES string of the molecule is CSc1cccc(NC(=O)CSc2nc3ccsc3c(=O)n2CCC(C)C)c1. The molecule has 148 valence electrons. The Hall–Kier alpha value is -1.77. The van der Waals surface area contributed by atoms with E-state index in [4.69, 9.17) is 0 Å². The average Bonchev–Trinajstić information content (AvgIpc) is 3.14. The maximum absolute atomic E-state index is 12.8. The normalized spacial score (nSPS) is 11.3. The van der Waals surface area contributed by atoms with Crippen molar-refractivity contribution in [1.29, 1.82) is 0 Å².